The second-order valence-corrected chi connectivity index (χ2v) is 9.44. The maximum atomic E-state index is 13.0. The Morgan fingerprint density at radius 3 is 1.93 bits per heavy atom. The van der Waals surface area contributed by atoms with Gasteiger partial charge in [-0.15, -0.1) is 11.3 Å². The van der Waals surface area contributed by atoms with Crippen LogP contribution in [0.25, 0.3) is 20.2 Å². The number of unbranched alkanes of at least 4 members (excludes halogenated alkanes) is 11. The van der Waals surface area contributed by atoms with Crippen molar-refractivity contribution in [2.75, 3.05) is 0 Å². The van der Waals surface area contributed by atoms with E-state index in [2.05, 4.69) is 31.2 Å². The highest BCUT2D eigenvalue weighted by Gasteiger charge is 2.09. The zero-order valence-electron chi connectivity index (χ0n) is 18.1. The Kier molecular flexibility index (Phi) is 9.21. The molecule has 0 aliphatic rings. The van der Waals surface area contributed by atoms with Crippen molar-refractivity contribution in [1.29, 1.82) is 0 Å². The fraction of sp³-hybridized carbons (Fsp3) is 0.519. The summed E-state index contributed by atoms with van der Waals surface area (Å²) in [4.78, 5) is 13.0. The molecule has 3 aromatic rings. The summed E-state index contributed by atoms with van der Waals surface area (Å²) in [6.45, 7) is 2.28. The van der Waals surface area contributed by atoms with E-state index in [1.807, 2.05) is 18.2 Å². The molecular weight excluding hydrogens is 372 g/mol. The summed E-state index contributed by atoms with van der Waals surface area (Å²) in [6.07, 6.45) is 17.4. The van der Waals surface area contributed by atoms with Crippen LogP contribution in [0.1, 0.15) is 89.5 Å². The number of aryl methyl sites for hydroxylation is 1. The lowest BCUT2D eigenvalue weighted by atomic mass is 10.0. The minimum atomic E-state index is 0.212. The minimum absolute atomic E-state index is 0.212. The van der Waals surface area contributed by atoms with Crippen LogP contribution < -0.4 is 5.43 Å². The normalized spacial score (nSPS) is 11.5. The average molecular weight is 409 g/mol. The van der Waals surface area contributed by atoms with E-state index in [9.17, 15) is 4.79 Å². The lowest BCUT2D eigenvalue weighted by Crippen LogP contribution is -2.04. The molecule has 0 saturated carbocycles. The first kappa shape index (κ1) is 22.0. The molecule has 1 nitrogen and oxygen atoms in total. The summed E-state index contributed by atoms with van der Waals surface area (Å²) in [5.74, 6) is 0. The van der Waals surface area contributed by atoms with Crippen LogP contribution in [-0.4, -0.2) is 0 Å². The van der Waals surface area contributed by atoms with Crippen molar-refractivity contribution >= 4 is 31.5 Å². The predicted molar refractivity (Wildman–Crippen MR) is 130 cm³/mol. The lowest BCUT2D eigenvalue weighted by molar-refractivity contribution is 0.544. The maximum absolute atomic E-state index is 13.0. The van der Waals surface area contributed by atoms with Crippen molar-refractivity contribution in [2.45, 2.75) is 90.4 Å². The van der Waals surface area contributed by atoms with E-state index >= 15 is 0 Å². The molecule has 0 saturated heterocycles. The summed E-state index contributed by atoms with van der Waals surface area (Å²) in [6, 6.07) is 14.4. The number of fused-ring (bicyclic) bond motifs is 2. The molecule has 2 aromatic carbocycles. The lowest BCUT2D eigenvalue weighted by Gasteiger charge is -2.07. The second-order valence-electron chi connectivity index (χ2n) is 8.36. The highest BCUT2D eigenvalue weighted by atomic mass is 32.1. The third-order valence-corrected chi connectivity index (χ3v) is 7.13. The van der Waals surface area contributed by atoms with E-state index in [4.69, 9.17) is 0 Å². The van der Waals surface area contributed by atoms with Gasteiger partial charge in [-0.05, 0) is 36.6 Å². The summed E-state index contributed by atoms with van der Waals surface area (Å²) >= 11 is 1.74. The maximum Gasteiger partial charge on any atom is 0.196 e. The van der Waals surface area contributed by atoms with Gasteiger partial charge in [0, 0.05) is 20.2 Å². The SMILES string of the molecule is CCCCCCCCCCCCCCc1cccc2sc3ccccc3c(=O)c12. The first-order valence-electron chi connectivity index (χ1n) is 11.7. The van der Waals surface area contributed by atoms with Crippen LogP contribution in [0.3, 0.4) is 0 Å². The van der Waals surface area contributed by atoms with Gasteiger partial charge in [0.2, 0.25) is 0 Å². The molecular formula is C27H36OS. The van der Waals surface area contributed by atoms with E-state index in [1.165, 1.54) is 82.6 Å². The van der Waals surface area contributed by atoms with Crippen LogP contribution in [0.4, 0.5) is 0 Å². The van der Waals surface area contributed by atoms with Crippen molar-refractivity contribution in [3.8, 4) is 0 Å². The Labute approximate surface area is 180 Å². The smallest absolute Gasteiger partial charge is 0.196 e. The topological polar surface area (TPSA) is 17.1 Å². The number of rotatable bonds is 13. The van der Waals surface area contributed by atoms with E-state index in [-0.39, 0.29) is 5.43 Å². The Bertz CT molecular complexity index is 940. The molecule has 29 heavy (non-hydrogen) atoms. The third kappa shape index (κ3) is 6.40. The standard InChI is InChI=1S/C27H36OS/c1-2-3-4-5-6-7-8-9-10-11-12-13-17-22-18-16-21-25-26(22)27(28)23-19-14-15-20-24(23)29-25/h14-16,18-21H,2-13,17H2,1H3. The average Bonchev–Trinajstić information content (AvgIpc) is 2.74. The third-order valence-electron chi connectivity index (χ3n) is 5.99. The van der Waals surface area contributed by atoms with Gasteiger partial charge < -0.3 is 0 Å². The highest BCUT2D eigenvalue weighted by Crippen LogP contribution is 2.27. The van der Waals surface area contributed by atoms with Crippen LogP contribution in [-0.2, 0) is 6.42 Å². The van der Waals surface area contributed by atoms with E-state index < -0.39 is 0 Å². The number of benzene rings is 2. The molecule has 0 aliphatic carbocycles. The monoisotopic (exact) mass is 408 g/mol. The molecule has 0 radical (unpaired) electrons. The van der Waals surface area contributed by atoms with Crippen LogP contribution >= 0.6 is 11.3 Å². The van der Waals surface area contributed by atoms with Gasteiger partial charge in [-0.25, -0.2) is 0 Å². The molecule has 0 amide bonds. The van der Waals surface area contributed by atoms with E-state index in [0.29, 0.717) is 0 Å². The fourth-order valence-electron chi connectivity index (χ4n) is 4.28. The van der Waals surface area contributed by atoms with Crippen molar-refractivity contribution in [3.05, 3.63) is 58.3 Å². The quantitative estimate of drug-likeness (QED) is 0.204. The van der Waals surface area contributed by atoms with Crippen molar-refractivity contribution in [2.24, 2.45) is 0 Å². The molecule has 0 atom stereocenters. The van der Waals surface area contributed by atoms with Crippen molar-refractivity contribution in [1.82, 2.24) is 0 Å². The largest absolute Gasteiger partial charge is 0.288 e. The zero-order valence-corrected chi connectivity index (χ0v) is 18.9. The van der Waals surface area contributed by atoms with E-state index in [1.54, 1.807) is 11.3 Å². The van der Waals surface area contributed by atoms with Gasteiger partial charge in [-0.2, -0.15) is 0 Å². The van der Waals surface area contributed by atoms with Crippen LogP contribution in [0.5, 0.6) is 0 Å². The highest BCUT2D eigenvalue weighted by molar-refractivity contribution is 7.24. The van der Waals surface area contributed by atoms with Gasteiger partial charge in [0.15, 0.2) is 5.43 Å². The minimum Gasteiger partial charge on any atom is -0.288 e. The Balaban J connectivity index is 1.42. The Morgan fingerprint density at radius 1 is 0.655 bits per heavy atom. The van der Waals surface area contributed by atoms with Gasteiger partial charge in [-0.1, -0.05) is 102 Å². The number of hydrogen-bond acceptors (Lipinski definition) is 2. The fourth-order valence-corrected chi connectivity index (χ4v) is 5.41. The zero-order chi connectivity index (χ0) is 20.3. The first-order chi connectivity index (χ1) is 14.3. The molecule has 2 heteroatoms. The Hall–Kier alpha value is -1.67. The molecule has 156 valence electrons. The van der Waals surface area contributed by atoms with Crippen LogP contribution in [0, 0.1) is 0 Å². The first-order valence-corrected chi connectivity index (χ1v) is 12.6. The second kappa shape index (κ2) is 12.1. The molecule has 0 fully saturated rings. The van der Waals surface area contributed by atoms with Crippen LogP contribution in [0.15, 0.2) is 47.3 Å². The molecule has 0 N–H and O–H groups in total. The van der Waals surface area contributed by atoms with Crippen LogP contribution in [0.2, 0.25) is 0 Å². The van der Waals surface area contributed by atoms with Crippen molar-refractivity contribution < 1.29 is 0 Å². The summed E-state index contributed by atoms with van der Waals surface area (Å²) in [7, 11) is 0. The molecule has 3 rings (SSSR count). The summed E-state index contributed by atoms with van der Waals surface area (Å²) < 4.78 is 2.22. The van der Waals surface area contributed by atoms with Gasteiger partial charge in [0.1, 0.15) is 0 Å². The van der Waals surface area contributed by atoms with Crippen molar-refractivity contribution in [3.63, 3.8) is 0 Å². The number of hydrogen-bond donors (Lipinski definition) is 0. The molecule has 0 bridgehead atoms. The summed E-state index contributed by atoms with van der Waals surface area (Å²) in [5, 5.41) is 1.83. The van der Waals surface area contributed by atoms with Gasteiger partial charge in [0.25, 0.3) is 0 Å². The Morgan fingerprint density at radius 2 is 1.24 bits per heavy atom. The van der Waals surface area contributed by atoms with Gasteiger partial charge in [-0.3, -0.25) is 4.79 Å². The van der Waals surface area contributed by atoms with Gasteiger partial charge >= 0.3 is 0 Å². The molecule has 1 heterocycles. The molecule has 0 spiro atoms. The molecule has 1 aromatic heterocycles. The molecule has 0 aliphatic heterocycles. The predicted octanol–water partition coefficient (Wildman–Crippen LogP) is 8.66. The summed E-state index contributed by atoms with van der Waals surface area (Å²) in [5.41, 5.74) is 1.45. The van der Waals surface area contributed by atoms with E-state index in [0.717, 1.165) is 26.6 Å². The molecule has 0 unspecified atom stereocenters. The van der Waals surface area contributed by atoms with Gasteiger partial charge in [0.05, 0.1) is 0 Å².